The third-order valence-electron chi connectivity index (χ3n) is 1.93. The van der Waals surface area contributed by atoms with E-state index in [9.17, 15) is 9.59 Å². The molecule has 0 aromatic heterocycles. The molecule has 8 nitrogen and oxygen atoms in total. The van der Waals surface area contributed by atoms with Gasteiger partial charge in [0.2, 0.25) is 0 Å². The highest BCUT2D eigenvalue weighted by atomic mass is 16.5. The first-order chi connectivity index (χ1) is 9.02. The number of nitrogens with two attached hydrogens (primary N) is 1. The summed E-state index contributed by atoms with van der Waals surface area (Å²) in [5.74, 6) is -0.437. The molecule has 0 saturated carbocycles. The number of carbonyl (C=O) groups is 2. The first-order valence-corrected chi connectivity index (χ1v) is 5.14. The molecule has 8 heteroatoms. The average molecular weight is 267 g/mol. The van der Waals surface area contributed by atoms with E-state index >= 15 is 0 Å². The predicted octanol–water partition coefficient (Wildman–Crippen LogP) is 0.161. The van der Waals surface area contributed by atoms with Crippen molar-refractivity contribution in [1.29, 1.82) is 0 Å². The molecule has 0 fully saturated rings. The minimum absolute atomic E-state index is 0.296. The second kappa shape index (κ2) is 6.84. The summed E-state index contributed by atoms with van der Waals surface area (Å²) in [5, 5.41) is 12.1. The van der Waals surface area contributed by atoms with Crippen LogP contribution in [0.15, 0.2) is 23.3 Å². The van der Waals surface area contributed by atoms with E-state index < -0.39 is 18.6 Å². The number of aliphatic carboxylic acids is 1. The number of carbonyl (C=O) groups excluding carboxylic acids is 1. The van der Waals surface area contributed by atoms with Crippen LogP contribution in [-0.4, -0.2) is 37.0 Å². The van der Waals surface area contributed by atoms with Gasteiger partial charge in [-0.25, -0.2) is 15.0 Å². The molecule has 0 saturated heterocycles. The normalized spacial score (nSPS) is 10.2. The number of nitrogens with zero attached hydrogens (tertiary/aromatic N) is 1. The van der Waals surface area contributed by atoms with E-state index in [0.717, 1.165) is 0 Å². The quantitative estimate of drug-likeness (QED) is 0.500. The molecule has 0 aliphatic rings. The molecule has 0 unspecified atom stereocenters. The predicted molar refractivity (Wildman–Crippen MR) is 66.4 cm³/mol. The van der Waals surface area contributed by atoms with E-state index in [2.05, 4.69) is 5.10 Å². The van der Waals surface area contributed by atoms with Crippen molar-refractivity contribution in [3.8, 4) is 11.5 Å². The molecule has 0 spiro atoms. The zero-order chi connectivity index (χ0) is 14.3. The Morgan fingerprint density at radius 3 is 2.79 bits per heavy atom. The topological polar surface area (TPSA) is 123 Å². The Kier molecular flexibility index (Phi) is 5.15. The monoisotopic (exact) mass is 267 g/mol. The fraction of sp³-hybridized carbons (Fsp3) is 0.182. The van der Waals surface area contributed by atoms with Crippen LogP contribution in [0.3, 0.4) is 0 Å². The van der Waals surface area contributed by atoms with Gasteiger partial charge in [0.05, 0.1) is 13.3 Å². The number of carboxylic acids is 1. The van der Waals surface area contributed by atoms with Crippen molar-refractivity contribution in [2.75, 3.05) is 13.7 Å². The number of carboxylic acid groups (broad SMARTS) is 1. The van der Waals surface area contributed by atoms with Gasteiger partial charge in [0.15, 0.2) is 18.1 Å². The van der Waals surface area contributed by atoms with Gasteiger partial charge in [-0.2, -0.15) is 5.10 Å². The van der Waals surface area contributed by atoms with Crippen molar-refractivity contribution in [2.24, 2.45) is 10.8 Å². The first-order valence-electron chi connectivity index (χ1n) is 5.14. The van der Waals surface area contributed by atoms with Crippen molar-refractivity contribution in [2.45, 2.75) is 0 Å². The minimum Gasteiger partial charge on any atom is -0.493 e. The molecule has 102 valence electrons. The molecule has 1 aromatic carbocycles. The van der Waals surface area contributed by atoms with Crippen LogP contribution in [-0.2, 0) is 4.79 Å². The van der Waals surface area contributed by atoms with Crippen molar-refractivity contribution in [3.63, 3.8) is 0 Å². The van der Waals surface area contributed by atoms with Crippen molar-refractivity contribution >= 4 is 18.2 Å². The third kappa shape index (κ3) is 4.94. The van der Waals surface area contributed by atoms with Crippen LogP contribution in [0.25, 0.3) is 0 Å². The van der Waals surface area contributed by atoms with Gasteiger partial charge in [-0.3, -0.25) is 0 Å². The van der Waals surface area contributed by atoms with E-state index in [0.29, 0.717) is 17.1 Å². The third-order valence-corrected chi connectivity index (χ3v) is 1.93. The summed E-state index contributed by atoms with van der Waals surface area (Å²) in [6.45, 7) is -0.465. The highest BCUT2D eigenvalue weighted by molar-refractivity contribution is 5.82. The van der Waals surface area contributed by atoms with Crippen molar-refractivity contribution < 1.29 is 24.2 Å². The van der Waals surface area contributed by atoms with Crippen LogP contribution in [0.5, 0.6) is 11.5 Å². The van der Waals surface area contributed by atoms with Crippen LogP contribution >= 0.6 is 0 Å². The Balaban J connectivity index is 2.80. The van der Waals surface area contributed by atoms with Crippen LogP contribution < -0.4 is 20.6 Å². The van der Waals surface area contributed by atoms with Crippen LogP contribution in [0.2, 0.25) is 0 Å². The molecule has 2 amide bonds. The second-order valence-electron chi connectivity index (χ2n) is 3.33. The lowest BCUT2D eigenvalue weighted by atomic mass is 10.2. The molecule has 0 aliphatic carbocycles. The Labute approximate surface area is 108 Å². The number of hydrogen-bond donors (Lipinski definition) is 3. The number of urea groups is 1. The van der Waals surface area contributed by atoms with E-state index in [4.69, 9.17) is 20.3 Å². The zero-order valence-corrected chi connectivity index (χ0v) is 10.1. The van der Waals surface area contributed by atoms with E-state index in [1.165, 1.54) is 19.4 Å². The summed E-state index contributed by atoms with van der Waals surface area (Å²) in [6.07, 6.45) is 1.36. The Bertz CT molecular complexity index is 501. The Morgan fingerprint density at radius 2 is 2.21 bits per heavy atom. The average Bonchev–Trinajstić information content (AvgIpc) is 2.36. The molecular weight excluding hydrogens is 254 g/mol. The number of methoxy groups -OCH3 is 1. The van der Waals surface area contributed by atoms with Gasteiger partial charge in [-0.15, -0.1) is 0 Å². The highest BCUT2D eigenvalue weighted by Crippen LogP contribution is 2.27. The molecule has 1 aromatic rings. The van der Waals surface area contributed by atoms with Gasteiger partial charge in [0, 0.05) is 0 Å². The molecule has 0 radical (unpaired) electrons. The number of hydrazone groups is 1. The molecule has 19 heavy (non-hydrogen) atoms. The highest BCUT2D eigenvalue weighted by Gasteiger charge is 2.07. The van der Waals surface area contributed by atoms with Gasteiger partial charge >= 0.3 is 12.0 Å². The maximum Gasteiger partial charge on any atom is 0.341 e. The molecule has 0 bridgehead atoms. The maximum absolute atomic E-state index is 10.4. The van der Waals surface area contributed by atoms with E-state index in [1.54, 1.807) is 12.1 Å². The number of rotatable bonds is 6. The van der Waals surface area contributed by atoms with Crippen molar-refractivity contribution in [3.05, 3.63) is 23.8 Å². The lowest BCUT2D eigenvalue weighted by Gasteiger charge is -2.09. The summed E-state index contributed by atoms with van der Waals surface area (Å²) >= 11 is 0. The van der Waals surface area contributed by atoms with Gasteiger partial charge in [-0.1, -0.05) is 0 Å². The van der Waals surface area contributed by atoms with E-state index in [-0.39, 0.29) is 0 Å². The SMILES string of the molecule is COc1cc(/C=N/NC(N)=O)ccc1OCC(=O)O. The summed E-state index contributed by atoms with van der Waals surface area (Å²) in [5.41, 5.74) is 7.50. The summed E-state index contributed by atoms with van der Waals surface area (Å²) in [7, 11) is 1.42. The summed E-state index contributed by atoms with van der Waals surface area (Å²) in [6, 6.07) is 3.95. The molecular formula is C11H13N3O5. The van der Waals surface area contributed by atoms with Crippen molar-refractivity contribution in [1.82, 2.24) is 5.43 Å². The van der Waals surface area contributed by atoms with Gasteiger partial charge in [0.25, 0.3) is 0 Å². The van der Waals surface area contributed by atoms with Gasteiger partial charge < -0.3 is 20.3 Å². The molecule has 0 heterocycles. The summed E-state index contributed by atoms with van der Waals surface area (Å²) < 4.78 is 10.1. The lowest BCUT2D eigenvalue weighted by molar-refractivity contribution is -0.139. The van der Waals surface area contributed by atoms with Gasteiger partial charge in [0.1, 0.15) is 0 Å². The molecule has 1 rings (SSSR count). The van der Waals surface area contributed by atoms with Crippen LogP contribution in [0.1, 0.15) is 5.56 Å². The molecule has 4 N–H and O–H groups in total. The fourth-order valence-corrected chi connectivity index (χ4v) is 1.19. The van der Waals surface area contributed by atoms with E-state index in [1.807, 2.05) is 5.43 Å². The summed E-state index contributed by atoms with van der Waals surface area (Å²) in [4.78, 5) is 20.8. The maximum atomic E-state index is 10.4. The van der Waals surface area contributed by atoms with Crippen LogP contribution in [0.4, 0.5) is 4.79 Å². The number of hydrogen-bond acceptors (Lipinski definition) is 5. The molecule has 0 atom stereocenters. The second-order valence-corrected chi connectivity index (χ2v) is 3.33. The standard InChI is InChI=1S/C11H13N3O5/c1-18-9-4-7(5-13-14-11(12)17)2-3-8(9)19-6-10(15)16/h2-5H,6H2,1H3,(H,15,16)(H3,12,14,17)/b13-5+. The smallest absolute Gasteiger partial charge is 0.341 e. The van der Waals surface area contributed by atoms with Gasteiger partial charge in [-0.05, 0) is 23.8 Å². The fourth-order valence-electron chi connectivity index (χ4n) is 1.19. The lowest BCUT2D eigenvalue weighted by Crippen LogP contribution is -2.24. The zero-order valence-electron chi connectivity index (χ0n) is 10.1. The number of ether oxygens (including phenoxy) is 2. The molecule has 0 aliphatic heterocycles. The minimum atomic E-state index is -1.08. The van der Waals surface area contributed by atoms with Crippen LogP contribution in [0, 0.1) is 0 Å². The number of benzene rings is 1. The number of nitrogens with one attached hydrogen (secondary N) is 1. The number of primary amides is 1. The largest absolute Gasteiger partial charge is 0.493 e. The Hall–Kier alpha value is -2.77. The first kappa shape index (κ1) is 14.3. The number of amides is 2. The Morgan fingerprint density at radius 1 is 1.47 bits per heavy atom.